The summed E-state index contributed by atoms with van der Waals surface area (Å²) in [6.07, 6.45) is 0.296. The van der Waals surface area contributed by atoms with Crippen molar-refractivity contribution < 1.29 is 17.2 Å². The maximum Gasteiger partial charge on any atom is 0.244 e. The van der Waals surface area contributed by atoms with Gasteiger partial charge in [0.25, 0.3) is 0 Å². The summed E-state index contributed by atoms with van der Waals surface area (Å²) in [7, 11) is -4.18. The lowest BCUT2D eigenvalue weighted by molar-refractivity contribution is 0.502. The fourth-order valence-corrected chi connectivity index (χ4v) is 3.12. The maximum absolute atomic E-state index is 13.5. The van der Waals surface area contributed by atoms with Crippen LogP contribution in [0.25, 0.3) is 0 Å². The predicted molar refractivity (Wildman–Crippen MR) is 72.2 cm³/mol. The normalized spacial score (nSPS) is 14.9. The molecule has 0 saturated carbocycles. The van der Waals surface area contributed by atoms with Crippen molar-refractivity contribution in [1.29, 1.82) is 0 Å². The van der Waals surface area contributed by atoms with Gasteiger partial charge in [-0.1, -0.05) is 19.1 Å². The summed E-state index contributed by atoms with van der Waals surface area (Å²) < 4.78 is 52.6. The third-order valence-electron chi connectivity index (χ3n) is 2.79. The molecule has 0 aliphatic carbocycles. The molecule has 0 heterocycles. The molecule has 1 atom stereocenters. The van der Waals surface area contributed by atoms with Gasteiger partial charge in [-0.25, -0.2) is 17.2 Å². The molecular weight excluding hydrogens is 294 g/mol. The van der Waals surface area contributed by atoms with E-state index in [4.69, 9.17) is 18.0 Å². The van der Waals surface area contributed by atoms with Crippen molar-refractivity contribution in [2.45, 2.75) is 30.7 Å². The average Bonchev–Trinajstić information content (AvgIpc) is 2.27. The first-order chi connectivity index (χ1) is 8.62. The molecule has 1 unspecified atom stereocenters. The summed E-state index contributed by atoms with van der Waals surface area (Å²) in [5, 5.41) is 0. The molecule has 1 aromatic rings. The third kappa shape index (κ3) is 3.46. The molecule has 4 nitrogen and oxygen atoms in total. The van der Waals surface area contributed by atoms with Gasteiger partial charge in [0.2, 0.25) is 10.0 Å². The van der Waals surface area contributed by atoms with Crippen LogP contribution in [0.3, 0.4) is 0 Å². The van der Waals surface area contributed by atoms with Gasteiger partial charge in [0.05, 0.1) is 10.5 Å². The van der Waals surface area contributed by atoms with Crippen molar-refractivity contribution >= 4 is 27.2 Å². The van der Waals surface area contributed by atoms with Crippen LogP contribution in [-0.2, 0) is 10.0 Å². The Hall–Kier alpha value is -1.12. The second-order valence-electron chi connectivity index (χ2n) is 4.23. The first-order valence-corrected chi connectivity index (χ1v) is 7.30. The number of sulfonamides is 1. The smallest absolute Gasteiger partial charge is 0.244 e. The van der Waals surface area contributed by atoms with E-state index in [1.54, 1.807) is 6.92 Å². The molecule has 0 aliphatic rings. The Bertz CT molecular complexity index is 605. The zero-order valence-corrected chi connectivity index (χ0v) is 12.0. The van der Waals surface area contributed by atoms with Crippen LogP contribution in [0, 0.1) is 11.6 Å². The van der Waals surface area contributed by atoms with Crippen molar-refractivity contribution in [1.82, 2.24) is 4.72 Å². The van der Waals surface area contributed by atoms with E-state index in [9.17, 15) is 17.2 Å². The number of nitrogens with one attached hydrogen (secondary N) is 1. The van der Waals surface area contributed by atoms with Crippen molar-refractivity contribution in [3.05, 3.63) is 29.8 Å². The van der Waals surface area contributed by atoms with Crippen LogP contribution in [0.2, 0.25) is 0 Å². The number of hydrogen-bond donors (Lipinski definition) is 2. The minimum atomic E-state index is -4.18. The highest BCUT2D eigenvalue weighted by molar-refractivity contribution is 7.89. The van der Waals surface area contributed by atoms with Crippen LogP contribution >= 0.6 is 12.2 Å². The van der Waals surface area contributed by atoms with Gasteiger partial charge in [0.15, 0.2) is 0 Å². The van der Waals surface area contributed by atoms with Gasteiger partial charge in [0, 0.05) is 6.07 Å². The first kappa shape index (κ1) is 15.9. The van der Waals surface area contributed by atoms with E-state index in [-0.39, 0.29) is 4.99 Å². The number of hydrogen-bond acceptors (Lipinski definition) is 3. The quantitative estimate of drug-likeness (QED) is 0.812. The van der Waals surface area contributed by atoms with E-state index in [1.807, 2.05) is 0 Å². The third-order valence-corrected chi connectivity index (χ3v) is 4.87. The van der Waals surface area contributed by atoms with Crippen LogP contribution < -0.4 is 10.5 Å². The highest BCUT2D eigenvalue weighted by Crippen LogP contribution is 2.19. The Morgan fingerprint density at radius 1 is 1.47 bits per heavy atom. The summed E-state index contributed by atoms with van der Waals surface area (Å²) in [5.41, 5.74) is 4.31. The summed E-state index contributed by atoms with van der Waals surface area (Å²) >= 11 is 4.80. The number of benzene rings is 1. The van der Waals surface area contributed by atoms with E-state index in [2.05, 4.69) is 4.72 Å². The minimum Gasteiger partial charge on any atom is -0.392 e. The molecule has 19 heavy (non-hydrogen) atoms. The molecule has 0 saturated heterocycles. The van der Waals surface area contributed by atoms with Crippen molar-refractivity contribution in [3.63, 3.8) is 0 Å². The lowest BCUT2D eigenvalue weighted by Gasteiger charge is -2.27. The molecule has 8 heteroatoms. The van der Waals surface area contributed by atoms with E-state index in [0.29, 0.717) is 12.5 Å². The molecule has 0 aromatic heterocycles. The van der Waals surface area contributed by atoms with Crippen molar-refractivity contribution in [3.8, 4) is 0 Å². The zero-order chi connectivity index (χ0) is 14.8. The van der Waals surface area contributed by atoms with Crippen LogP contribution in [0.4, 0.5) is 8.78 Å². The molecule has 0 fully saturated rings. The molecular formula is C11H14F2N2O2S2. The monoisotopic (exact) mass is 308 g/mol. The van der Waals surface area contributed by atoms with Crippen molar-refractivity contribution in [2.75, 3.05) is 0 Å². The fourth-order valence-electron chi connectivity index (χ4n) is 1.34. The number of halogens is 2. The van der Waals surface area contributed by atoms with Gasteiger partial charge in [0.1, 0.15) is 16.5 Å². The van der Waals surface area contributed by atoms with E-state index < -0.39 is 32.1 Å². The lowest BCUT2D eigenvalue weighted by Crippen LogP contribution is -2.54. The molecule has 0 spiro atoms. The summed E-state index contributed by atoms with van der Waals surface area (Å²) in [6, 6.07) is 2.21. The highest BCUT2D eigenvalue weighted by Gasteiger charge is 2.33. The van der Waals surface area contributed by atoms with E-state index in [1.165, 1.54) is 6.92 Å². The van der Waals surface area contributed by atoms with Crippen LogP contribution in [-0.4, -0.2) is 18.9 Å². The molecule has 0 radical (unpaired) electrons. The first-order valence-electron chi connectivity index (χ1n) is 5.41. The van der Waals surface area contributed by atoms with Crippen LogP contribution in [0.1, 0.15) is 20.3 Å². The molecule has 0 bridgehead atoms. The standard InChI is InChI=1S/C11H14F2N2O2S2/c1-3-11(2,10(14)18)15-19(16,17)9-5-4-7(12)6-8(9)13/h4-6,15H,3H2,1-2H3,(H2,14,18). The second kappa shape index (κ2) is 5.48. The number of thiocarbonyl (C=S) groups is 1. The Morgan fingerprint density at radius 2 is 2.05 bits per heavy atom. The van der Waals surface area contributed by atoms with Gasteiger partial charge in [-0.05, 0) is 25.5 Å². The molecule has 0 amide bonds. The Kier molecular flexibility index (Phi) is 4.59. The highest BCUT2D eigenvalue weighted by atomic mass is 32.2. The van der Waals surface area contributed by atoms with E-state index in [0.717, 1.165) is 12.1 Å². The zero-order valence-electron chi connectivity index (χ0n) is 10.4. The maximum atomic E-state index is 13.5. The van der Waals surface area contributed by atoms with Crippen LogP contribution in [0.5, 0.6) is 0 Å². The van der Waals surface area contributed by atoms with Gasteiger partial charge in [-0.15, -0.1) is 0 Å². The summed E-state index contributed by atoms with van der Waals surface area (Å²) in [6.45, 7) is 3.18. The van der Waals surface area contributed by atoms with Crippen LogP contribution in [0.15, 0.2) is 23.1 Å². The second-order valence-corrected chi connectivity index (χ2v) is 6.32. The molecule has 3 N–H and O–H groups in total. The Balaban J connectivity index is 3.22. The number of nitrogens with two attached hydrogens (primary N) is 1. The van der Waals surface area contributed by atoms with Gasteiger partial charge < -0.3 is 5.73 Å². The van der Waals surface area contributed by atoms with Gasteiger partial charge in [-0.2, -0.15) is 4.72 Å². The SMILES string of the molecule is CCC(C)(NS(=O)(=O)c1ccc(F)cc1F)C(N)=S. The number of rotatable bonds is 5. The molecule has 1 rings (SSSR count). The average molecular weight is 308 g/mol. The minimum absolute atomic E-state index is 0.0545. The van der Waals surface area contributed by atoms with Gasteiger partial charge in [-0.3, -0.25) is 0 Å². The summed E-state index contributed by atoms with van der Waals surface area (Å²) in [4.78, 5) is -0.703. The Labute approximate surface area is 116 Å². The Morgan fingerprint density at radius 3 is 2.47 bits per heavy atom. The lowest BCUT2D eigenvalue weighted by atomic mass is 10.0. The van der Waals surface area contributed by atoms with Gasteiger partial charge >= 0.3 is 0 Å². The van der Waals surface area contributed by atoms with E-state index >= 15 is 0 Å². The van der Waals surface area contributed by atoms with Crippen molar-refractivity contribution in [2.24, 2.45) is 5.73 Å². The predicted octanol–water partition coefficient (Wildman–Crippen LogP) is 1.70. The summed E-state index contributed by atoms with van der Waals surface area (Å²) in [5.74, 6) is -2.03. The molecule has 1 aromatic carbocycles. The topological polar surface area (TPSA) is 72.2 Å². The fraction of sp³-hybridized carbons (Fsp3) is 0.364. The molecule has 106 valence electrons. The molecule has 0 aliphatic heterocycles. The largest absolute Gasteiger partial charge is 0.392 e.